The number of carbonyl (C=O) groups is 1. The molecule has 0 saturated carbocycles. The summed E-state index contributed by atoms with van der Waals surface area (Å²) in [5.41, 5.74) is 2.41. The summed E-state index contributed by atoms with van der Waals surface area (Å²) in [4.78, 5) is 12.2. The Hall–Kier alpha value is -2.42. The van der Waals surface area contributed by atoms with E-state index in [1.54, 1.807) is 36.1 Å². The molecule has 1 amide bonds. The predicted molar refractivity (Wildman–Crippen MR) is 86.2 cm³/mol. The molecule has 26 heavy (non-hydrogen) atoms. The van der Waals surface area contributed by atoms with Crippen molar-refractivity contribution in [1.82, 2.24) is 15.1 Å². The van der Waals surface area contributed by atoms with E-state index in [1.807, 2.05) is 6.92 Å². The van der Waals surface area contributed by atoms with Gasteiger partial charge in [0.25, 0.3) is 5.91 Å². The Morgan fingerprint density at radius 1 is 1.38 bits per heavy atom. The van der Waals surface area contributed by atoms with Crippen molar-refractivity contribution in [3.05, 3.63) is 52.8 Å². The van der Waals surface area contributed by atoms with E-state index < -0.39 is 19.0 Å². The second kappa shape index (κ2) is 8.31. The summed E-state index contributed by atoms with van der Waals surface area (Å²) < 4.78 is 56.1. The van der Waals surface area contributed by atoms with Crippen LogP contribution in [0.15, 0.2) is 30.5 Å². The predicted octanol–water partition coefficient (Wildman–Crippen LogP) is 3.08. The zero-order valence-electron chi connectivity index (χ0n) is 14.3. The maximum atomic E-state index is 12.8. The minimum atomic E-state index is -4.20. The van der Waals surface area contributed by atoms with Gasteiger partial charge < -0.3 is 10.1 Å². The number of hydrogen-bond acceptors (Lipinski definition) is 3. The van der Waals surface area contributed by atoms with Crippen LogP contribution in [-0.2, 0) is 24.9 Å². The molecular formula is C17H19F4N3O2. The third-order valence-corrected chi connectivity index (χ3v) is 3.63. The fraction of sp³-hybridized carbons (Fsp3) is 0.412. The second-order valence-corrected chi connectivity index (χ2v) is 5.85. The van der Waals surface area contributed by atoms with E-state index in [0.717, 1.165) is 11.3 Å². The Kier molecular flexibility index (Phi) is 6.36. The van der Waals surface area contributed by atoms with Crippen LogP contribution < -0.4 is 5.32 Å². The number of hydrogen-bond donors (Lipinski definition) is 1. The number of nitrogens with one attached hydrogen (secondary N) is 1. The first kappa shape index (κ1) is 19.9. The average Bonchev–Trinajstić information content (AvgIpc) is 2.90. The van der Waals surface area contributed by atoms with Crippen molar-refractivity contribution in [1.29, 1.82) is 0 Å². The largest absolute Gasteiger partial charge is 0.370 e. The quantitative estimate of drug-likeness (QED) is 0.724. The zero-order valence-corrected chi connectivity index (χ0v) is 14.3. The number of alkyl halides is 4. The van der Waals surface area contributed by atoms with Gasteiger partial charge in [-0.3, -0.25) is 9.48 Å². The lowest BCUT2D eigenvalue weighted by molar-refractivity contribution is -0.168. The summed E-state index contributed by atoms with van der Waals surface area (Å²) in [5.74, 6) is -4.55. The Balaban J connectivity index is 1.91. The first-order valence-electron chi connectivity index (χ1n) is 7.79. The lowest BCUT2D eigenvalue weighted by Gasteiger charge is -2.15. The maximum absolute atomic E-state index is 12.8. The van der Waals surface area contributed by atoms with E-state index in [0.29, 0.717) is 17.7 Å². The van der Waals surface area contributed by atoms with Crippen molar-refractivity contribution < 1.29 is 27.1 Å². The van der Waals surface area contributed by atoms with Gasteiger partial charge in [0, 0.05) is 30.9 Å². The van der Waals surface area contributed by atoms with Gasteiger partial charge in [-0.05, 0) is 24.6 Å². The minimum Gasteiger partial charge on any atom is -0.370 e. The van der Waals surface area contributed by atoms with Gasteiger partial charge in [-0.25, -0.2) is 8.78 Å². The summed E-state index contributed by atoms with van der Waals surface area (Å²) in [7, 11) is 1.78. The number of amides is 1. The standard InChI is InChI=1S/C17H19F4N3O2/c1-11-14(8-24(2)23-11)7-22-15(25)13-5-3-4-12(6-13)9-26-10-17(20,21)16(18)19/h3-6,8,16H,7,9-10H2,1-2H3,(H,22,25). The molecule has 1 aromatic carbocycles. The van der Waals surface area contributed by atoms with Gasteiger partial charge in [-0.2, -0.15) is 13.9 Å². The molecule has 1 aromatic heterocycles. The van der Waals surface area contributed by atoms with Gasteiger partial charge >= 0.3 is 12.3 Å². The summed E-state index contributed by atoms with van der Waals surface area (Å²) in [6.07, 6.45) is -1.99. The van der Waals surface area contributed by atoms with E-state index in [9.17, 15) is 22.4 Å². The number of benzene rings is 1. The third-order valence-electron chi connectivity index (χ3n) is 3.63. The highest BCUT2D eigenvalue weighted by molar-refractivity contribution is 5.94. The van der Waals surface area contributed by atoms with E-state index in [1.165, 1.54) is 6.07 Å². The highest BCUT2D eigenvalue weighted by Gasteiger charge is 2.40. The summed E-state index contributed by atoms with van der Waals surface area (Å²) in [5, 5.41) is 6.92. The van der Waals surface area contributed by atoms with E-state index in [4.69, 9.17) is 0 Å². The van der Waals surface area contributed by atoms with Gasteiger partial charge in [0.2, 0.25) is 0 Å². The van der Waals surface area contributed by atoms with Crippen molar-refractivity contribution in [3.63, 3.8) is 0 Å². The molecular weight excluding hydrogens is 354 g/mol. The van der Waals surface area contributed by atoms with Crippen LogP contribution in [0.2, 0.25) is 0 Å². The normalized spacial score (nSPS) is 11.8. The van der Waals surface area contributed by atoms with Gasteiger partial charge in [0.15, 0.2) is 0 Å². The molecule has 1 heterocycles. The molecule has 9 heteroatoms. The molecule has 0 bridgehead atoms. The number of aryl methyl sites for hydroxylation is 2. The highest BCUT2D eigenvalue weighted by Crippen LogP contribution is 2.23. The summed E-state index contributed by atoms with van der Waals surface area (Å²) >= 11 is 0. The number of nitrogens with zero attached hydrogens (tertiary/aromatic N) is 2. The molecule has 0 saturated heterocycles. The zero-order chi connectivity index (χ0) is 19.3. The topological polar surface area (TPSA) is 56.2 Å². The van der Waals surface area contributed by atoms with Crippen LogP contribution in [0.4, 0.5) is 17.6 Å². The SMILES string of the molecule is Cc1nn(C)cc1CNC(=O)c1cccc(COCC(F)(F)C(F)F)c1. The summed E-state index contributed by atoms with van der Waals surface area (Å²) in [6.45, 7) is 0.432. The van der Waals surface area contributed by atoms with E-state index in [2.05, 4.69) is 15.2 Å². The Morgan fingerprint density at radius 2 is 2.12 bits per heavy atom. The Morgan fingerprint density at radius 3 is 2.73 bits per heavy atom. The molecule has 0 atom stereocenters. The maximum Gasteiger partial charge on any atom is 0.330 e. The number of ether oxygens (including phenoxy) is 1. The van der Waals surface area contributed by atoms with Crippen molar-refractivity contribution in [2.24, 2.45) is 7.05 Å². The van der Waals surface area contributed by atoms with E-state index >= 15 is 0 Å². The lowest BCUT2D eigenvalue weighted by atomic mass is 10.1. The van der Waals surface area contributed by atoms with Crippen LogP contribution in [0.5, 0.6) is 0 Å². The number of rotatable bonds is 8. The fourth-order valence-electron chi connectivity index (χ4n) is 2.27. The molecule has 0 aliphatic carbocycles. The molecule has 0 aliphatic rings. The molecule has 2 aromatic rings. The smallest absolute Gasteiger partial charge is 0.330 e. The molecule has 0 unspecified atom stereocenters. The monoisotopic (exact) mass is 373 g/mol. The first-order chi connectivity index (χ1) is 12.2. The van der Waals surface area contributed by atoms with Gasteiger partial charge in [-0.1, -0.05) is 12.1 Å². The molecule has 0 aliphatic heterocycles. The van der Waals surface area contributed by atoms with Crippen LogP contribution in [0, 0.1) is 6.92 Å². The molecule has 142 valence electrons. The van der Waals surface area contributed by atoms with Crippen molar-refractivity contribution in [2.75, 3.05) is 6.61 Å². The number of halogens is 4. The number of carbonyl (C=O) groups excluding carboxylic acids is 1. The van der Waals surface area contributed by atoms with Crippen LogP contribution >= 0.6 is 0 Å². The van der Waals surface area contributed by atoms with Gasteiger partial charge in [-0.15, -0.1) is 0 Å². The molecule has 1 N–H and O–H groups in total. The third kappa shape index (κ3) is 5.29. The second-order valence-electron chi connectivity index (χ2n) is 5.85. The minimum absolute atomic E-state index is 0.292. The molecule has 0 fully saturated rings. The molecule has 5 nitrogen and oxygen atoms in total. The van der Waals surface area contributed by atoms with Crippen LogP contribution in [0.1, 0.15) is 27.2 Å². The molecule has 0 spiro atoms. The molecule has 2 rings (SSSR count). The summed E-state index contributed by atoms with van der Waals surface area (Å²) in [6, 6.07) is 6.14. The van der Waals surface area contributed by atoms with Crippen LogP contribution in [0.3, 0.4) is 0 Å². The molecule has 0 radical (unpaired) electrons. The van der Waals surface area contributed by atoms with E-state index in [-0.39, 0.29) is 12.5 Å². The van der Waals surface area contributed by atoms with Crippen molar-refractivity contribution >= 4 is 5.91 Å². The Labute approximate surface area is 148 Å². The average molecular weight is 373 g/mol. The highest BCUT2D eigenvalue weighted by atomic mass is 19.3. The number of aromatic nitrogens is 2. The first-order valence-corrected chi connectivity index (χ1v) is 7.79. The van der Waals surface area contributed by atoms with Gasteiger partial charge in [0.05, 0.1) is 12.3 Å². The van der Waals surface area contributed by atoms with Gasteiger partial charge in [0.1, 0.15) is 6.61 Å². The fourth-order valence-corrected chi connectivity index (χ4v) is 2.27. The van der Waals surface area contributed by atoms with Crippen molar-refractivity contribution in [3.8, 4) is 0 Å². The van der Waals surface area contributed by atoms with Crippen LogP contribution in [0.25, 0.3) is 0 Å². The lowest BCUT2D eigenvalue weighted by Crippen LogP contribution is -2.32. The Bertz CT molecular complexity index is 762. The van der Waals surface area contributed by atoms with Crippen molar-refractivity contribution in [2.45, 2.75) is 32.4 Å². The van der Waals surface area contributed by atoms with Crippen LogP contribution in [-0.4, -0.2) is 34.6 Å².